The van der Waals surface area contributed by atoms with Crippen LogP contribution in [0.15, 0.2) is 41.0 Å². The summed E-state index contributed by atoms with van der Waals surface area (Å²) in [4.78, 5) is 2.24. The Morgan fingerprint density at radius 3 is 2.90 bits per heavy atom. The predicted octanol–water partition coefficient (Wildman–Crippen LogP) is 3.36. The lowest BCUT2D eigenvalue weighted by atomic mass is 10.2. The Balaban J connectivity index is 1.69. The van der Waals surface area contributed by atoms with Crippen molar-refractivity contribution in [2.45, 2.75) is 19.9 Å². The Bertz CT molecular complexity index is 613. The van der Waals surface area contributed by atoms with Gasteiger partial charge in [-0.25, -0.2) is 0 Å². The quantitative estimate of drug-likeness (QED) is 0.731. The van der Waals surface area contributed by atoms with Crippen molar-refractivity contribution in [3.63, 3.8) is 0 Å². The van der Waals surface area contributed by atoms with Gasteiger partial charge in [0.15, 0.2) is 0 Å². The molecule has 1 aromatic heterocycles. The van der Waals surface area contributed by atoms with Crippen LogP contribution in [0.3, 0.4) is 0 Å². The Kier molecular flexibility index (Phi) is 5.42. The largest absolute Gasteiger partial charge is 0.494 e. The number of ether oxygens (including phenoxy) is 1. The van der Waals surface area contributed by atoms with Crippen LogP contribution in [0.25, 0.3) is 0 Å². The maximum Gasteiger partial charge on any atom is 0.120 e. The van der Waals surface area contributed by atoms with Crippen molar-refractivity contribution in [1.82, 2.24) is 4.90 Å². The third kappa shape index (κ3) is 4.66. The van der Waals surface area contributed by atoms with Crippen molar-refractivity contribution in [3.8, 4) is 11.8 Å². The Hall–Kier alpha value is -2.25. The van der Waals surface area contributed by atoms with Crippen molar-refractivity contribution < 1.29 is 9.15 Å². The lowest BCUT2D eigenvalue weighted by Crippen LogP contribution is -2.20. The smallest absolute Gasteiger partial charge is 0.120 e. The van der Waals surface area contributed by atoms with E-state index in [-0.39, 0.29) is 0 Å². The highest BCUT2D eigenvalue weighted by molar-refractivity contribution is 5.36. The van der Waals surface area contributed by atoms with E-state index in [2.05, 4.69) is 18.0 Å². The molecule has 2 aromatic rings. The molecule has 0 N–H and O–H groups in total. The van der Waals surface area contributed by atoms with Gasteiger partial charge in [0.05, 0.1) is 24.5 Å². The first-order chi connectivity index (χ1) is 10.2. The fraction of sp³-hybridized carbons (Fsp3) is 0.353. The zero-order valence-corrected chi connectivity index (χ0v) is 12.5. The molecule has 0 unspecified atom stereocenters. The molecule has 1 heterocycles. The lowest BCUT2D eigenvalue weighted by molar-refractivity contribution is 0.258. The molecule has 0 amide bonds. The topological polar surface area (TPSA) is 49.4 Å². The Labute approximate surface area is 125 Å². The van der Waals surface area contributed by atoms with Gasteiger partial charge in [-0.05, 0) is 44.7 Å². The summed E-state index contributed by atoms with van der Waals surface area (Å²) in [5, 5.41) is 8.83. The van der Waals surface area contributed by atoms with Crippen molar-refractivity contribution >= 4 is 0 Å². The second kappa shape index (κ2) is 7.51. The second-order valence-electron chi connectivity index (χ2n) is 5.08. The van der Waals surface area contributed by atoms with Crippen LogP contribution >= 0.6 is 0 Å². The van der Waals surface area contributed by atoms with Gasteiger partial charge in [0.1, 0.15) is 11.5 Å². The molecule has 0 fully saturated rings. The molecule has 0 aliphatic rings. The number of hydrogen-bond acceptors (Lipinski definition) is 4. The number of furan rings is 1. The monoisotopic (exact) mass is 284 g/mol. The first kappa shape index (κ1) is 15.1. The summed E-state index contributed by atoms with van der Waals surface area (Å²) in [6.45, 7) is 4.45. The van der Waals surface area contributed by atoms with Crippen LogP contribution in [0, 0.1) is 18.3 Å². The molecule has 0 saturated heterocycles. The fourth-order valence-corrected chi connectivity index (χ4v) is 2.13. The van der Waals surface area contributed by atoms with Crippen LogP contribution in [0.5, 0.6) is 5.75 Å². The van der Waals surface area contributed by atoms with Gasteiger partial charge in [-0.1, -0.05) is 6.07 Å². The minimum absolute atomic E-state index is 0.625. The SMILES string of the molecule is Cc1occc1CN(C)CCCOc1cccc(C#N)c1. The number of nitrogens with zero attached hydrogens (tertiary/aromatic N) is 2. The van der Waals surface area contributed by atoms with Crippen LogP contribution < -0.4 is 4.74 Å². The van der Waals surface area contributed by atoms with Gasteiger partial charge in [0.25, 0.3) is 0 Å². The molecular weight excluding hydrogens is 264 g/mol. The van der Waals surface area contributed by atoms with Crippen LogP contribution in [0.2, 0.25) is 0 Å². The number of rotatable bonds is 7. The maximum absolute atomic E-state index is 8.83. The van der Waals surface area contributed by atoms with E-state index in [0.717, 1.165) is 31.0 Å². The summed E-state index contributed by atoms with van der Waals surface area (Å²) >= 11 is 0. The van der Waals surface area contributed by atoms with E-state index >= 15 is 0 Å². The molecule has 4 heteroatoms. The molecule has 0 saturated carbocycles. The standard InChI is InChI=1S/C17H20N2O2/c1-14-16(7-10-20-14)13-19(2)8-4-9-21-17-6-3-5-15(11-17)12-18/h3,5-7,10-11H,4,8-9,13H2,1-2H3. The van der Waals surface area contributed by atoms with E-state index < -0.39 is 0 Å². The van der Waals surface area contributed by atoms with Gasteiger partial charge < -0.3 is 14.1 Å². The minimum Gasteiger partial charge on any atom is -0.494 e. The summed E-state index contributed by atoms with van der Waals surface area (Å²) in [5.74, 6) is 1.73. The fourth-order valence-electron chi connectivity index (χ4n) is 2.13. The first-order valence-corrected chi connectivity index (χ1v) is 7.03. The minimum atomic E-state index is 0.625. The van der Waals surface area contributed by atoms with Gasteiger partial charge >= 0.3 is 0 Å². The molecule has 0 radical (unpaired) electrons. The van der Waals surface area contributed by atoms with Crippen LogP contribution in [-0.4, -0.2) is 25.1 Å². The molecule has 0 bridgehead atoms. The van der Waals surface area contributed by atoms with E-state index in [4.69, 9.17) is 14.4 Å². The third-order valence-electron chi connectivity index (χ3n) is 3.32. The molecule has 0 atom stereocenters. The Morgan fingerprint density at radius 2 is 2.19 bits per heavy atom. The number of hydrogen-bond donors (Lipinski definition) is 0. The highest BCUT2D eigenvalue weighted by Crippen LogP contribution is 2.13. The number of aryl methyl sites for hydroxylation is 1. The molecule has 2 rings (SSSR count). The highest BCUT2D eigenvalue weighted by atomic mass is 16.5. The van der Waals surface area contributed by atoms with E-state index in [9.17, 15) is 0 Å². The average Bonchev–Trinajstić information content (AvgIpc) is 2.89. The van der Waals surface area contributed by atoms with Gasteiger partial charge in [0.2, 0.25) is 0 Å². The summed E-state index contributed by atoms with van der Waals surface area (Å²) in [5.41, 5.74) is 1.85. The van der Waals surface area contributed by atoms with E-state index in [0.29, 0.717) is 12.2 Å². The van der Waals surface area contributed by atoms with E-state index in [1.165, 1.54) is 5.56 Å². The molecule has 0 spiro atoms. The first-order valence-electron chi connectivity index (χ1n) is 7.03. The van der Waals surface area contributed by atoms with E-state index in [1.807, 2.05) is 25.1 Å². The van der Waals surface area contributed by atoms with Gasteiger partial charge in [0, 0.05) is 18.7 Å². The predicted molar refractivity (Wildman–Crippen MR) is 81.0 cm³/mol. The summed E-state index contributed by atoms with van der Waals surface area (Å²) in [6, 6.07) is 11.4. The zero-order valence-electron chi connectivity index (χ0n) is 12.5. The second-order valence-corrected chi connectivity index (χ2v) is 5.08. The van der Waals surface area contributed by atoms with Crippen LogP contribution in [-0.2, 0) is 6.54 Å². The molecule has 0 aliphatic heterocycles. The molecular formula is C17H20N2O2. The van der Waals surface area contributed by atoms with Crippen molar-refractivity contribution in [3.05, 3.63) is 53.5 Å². The van der Waals surface area contributed by atoms with Crippen molar-refractivity contribution in [2.24, 2.45) is 0 Å². The molecule has 110 valence electrons. The third-order valence-corrected chi connectivity index (χ3v) is 3.32. The van der Waals surface area contributed by atoms with E-state index in [1.54, 1.807) is 18.4 Å². The van der Waals surface area contributed by atoms with Crippen LogP contribution in [0.4, 0.5) is 0 Å². The maximum atomic E-state index is 8.83. The molecule has 0 aliphatic carbocycles. The Morgan fingerprint density at radius 1 is 1.33 bits per heavy atom. The van der Waals surface area contributed by atoms with Gasteiger partial charge in [-0.15, -0.1) is 0 Å². The van der Waals surface area contributed by atoms with Crippen molar-refractivity contribution in [1.29, 1.82) is 5.26 Å². The summed E-state index contributed by atoms with van der Waals surface area (Å²) in [6.07, 6.45) is 2.66. The average molecular weight is 284 g/mol. The number of benzene rings is 1. The number of nitriles is 1. The van der Waals surface area contributed by atoms with Crippen molar-refractivity contribution in [2.75, 3.05) is 20.2 Å². The zero-order chi connectivity index (χ0) is 15.1. The van der Waals surface area contributed by atoms with Gasteiger partial charge in [-0.2, -0.15) is 5.26 Å². The lowest BCUT2D eigenvalue weighted by Gasteiger charge is -2.16. The molecule has 1 aromatic carbocycles. The summed E-state index contributed by atoms with van der Waals surface area (Å²) < 4.78 is 11.0. The highest BCUT2D eigenvalue weighted by Gasteiger charge is 2.05. The van der Waals surface area contributed by atoms with Gasteiger partial charge in [-0.3, -0.25) is 0 Å². The summed E-state index contributed by atoms with van der Waals surface area (Å²) in [7, 11) is 2.09. The normalized spacial score (nSPS) is 10.6. The molecule has 21 heavy (non-hydrogen) atoms. The molecule has 4 nitrogen and oxygen atoms in total. The van der Waals surface area contributed by atoms with Crippen LogP contribution in [0.1, 0.15) is 23.3 Å².